The van der Waals surface area contributed by atoms with Gasteiger partial charge in [-0.3, -0.25) is 4.79 Å². The van der Waals surface area contributed by atoms with Crippen LogP contribution in [0.15, 0.2) is 16.6 Å². The van der Waals surface area contributed by atoms with Gasteiger partial charge in [-0.25, -0.2) is 0 Å². The van der Waals surface area contributed by atoms with Crippen LogP contribution in [-0.2, 0) is 0 Å². The lowest BCUT2D eigenvalue weighted by Gasteiger charge is -2.21. The molecule has 4 heteroatoms. The monoisotopic (exact) mass is 354 g/mol. The third-order valence-electron chi connectivity index (χ3n) is 4.29. The Balaban J connectivity index is 2.06. The molecule has 1 saturated carbocycles. The van der Waals surface area contributed by atoms with Crippen molar-refractivity contribution in [2.75, 3.05) is 14.2 Å². The maximum atomic E-state index is 12.5. The predicted octanol–water partition coefficient (Wildman–Crippen LogP) is 5.01. The minimum atomic E-state index is 0.153. The van der Waals surface area contributed by atoms with Crippen LogP contribution in [0.25, 0.3) is 0 Å². The summed E-state index contributed by atoms with van der Waals surface area (Å²) in [6, 6.07) is 3.60. The molecular formula is C17H23BrO3. The first-order valence-corrected chi connectivity index (χ1v) is 8.40. The van der Waals surface area contributed by atoms with Gasteiger partial charge in [-0.1, -0.05) is 32.1 Å². The van der Waals surface area contributed by atoms with Crippen molar-refractivity contribution in [2.24, 2.45) is 5.92 Å². The van der Waals surface area contributed by atoms with Crippen LogP contribution in [0.2, 0.25) is 0 Å². The number of methoxy groups -OCH3 is 2. The van der Waals surface area contributed by atoms with Crippen molar-refractivity contribution in [1.82, 2.24) is 0 Å². The van der Waals surface area contributed by atoms with E-state index in [-0.39, 0.29) is 5.78 Å². The van der Waals surface area contributed by atoms with Gasteiger partial charge in [0, 0.05) is 6.42 Å². The summed E-state index contributed by atoms with van der Waals surface area (Å²) >= 11 is 3.45. The lowest BCUT2D eigenvalue weighted by atomic mass is 9.85. The molecule has 0 aliphatic heterocycles. The molecule has 3 nitrogen and oxygen atoms in total. The standard InChI is InChI=1S/C17H23BrO3/c1-20-15-11-9-13(17(21-2)16(15)18)14(19)10-8-12-6-4-3-5-7-12/h9,11-12H,3-8,10H2,1-2H3. The third kappa shape index (κ3) is 4.00. The Kier molecular flexibility index (Phi) is 6.09. The zero-order valence-corrected chi connectivity index (χ0v) is 14.4. The Morgan fingerprint density at radius 3 is 2.52 bits per heavy atom. The fourth-order valence-electron chi connectivity index (χ4n) is 3.06. The molecule has 0 heterocycles. The van der Waals surface area contributed by atoms with Gasteiger partial charge in [0.05, 0.1) is 19.8 Å². The highest BCUT2D eigenvalue weighted by Crippen LogP contribution is 2.38. The molecule has 0 unspecified atom stereocenters. The van der Waals surface area contributed by atoms with E-state index in [0.717, 1.165) is 12.3 Å². The number of benzene rings is 1. The molecule has 0 saturated heterocycles. The van der Waals surface area contributed by atoms with Crippen molar-refractivity contribution in [3.05, 3.63) is 22.2 Å². The zero-order valence-electron chi connectivity index (χ0n) is 12.8. The van der Waals surface area contributed by atoms with E-state index in [9.17, 15) is 4.79 Å². The molecule has 0 bridgehead atoms. The second-order valence-corrected chi connectivity index (χ2v) is 6.42. The molecule has 0 atom stereocenters. The van der Waals surface area contributed by atoms with Crippen LogP contribution in [0.5, 0.6) is 11.5 Å². The van der Waals surface area contributed by atoms with Crippen molar-refractivity contribution in [3.63, 3.8) is 0 Å². The number of carbonyl (C=O) groups is 1. The van der Waals surface area contributed by atoms with E-state index < -0.39 is 0 Å². The quantitative estimate of drug-likeness (QED) is 0.673. The van der Waals surface area contributed by atoms with Gasteiger partial charge >= 0.3 is 0 Å². The van der Waals surface area contributed by atoms with Crippen molar-refractivity contribution in [3.8, 4) is 11.5 Å². The molecule has 0 aromatic heterocycles. The summed E-state index contributed by atoms with van der Waals surface area (Å²) in [5.74, 6) is 2.12. The van der Waals surface area contributed by atoms with E-state index in [1.807, 2.05) is 0 Å². The van der Waals surface area contributed by atoms with Crippen LogP contribution in [0.4, 0.5) is 0 Å². The summed E-state index contributed by atoms with van der Waals surface area (Å²) in [5, 5.41) is 0. The number of carbonyl (C=O) groups excluding carboxylic acids is 1. The zero-order chi connectivity index (χ0) is 15.2. The van der Waals surface area contributed by atoms with Gasteiger partial charge in [0.1, 0.15) is 16.0 Å². The molecule has 116 valence electrons. The summed E-state index contributed by atoms with van der Waals surface area (Å²) in [6.07, 6.45) is 8.12. The second-order valence-electron chi connectivity index (χ2n) is 5.63. The van der Waals surface area contributed by atoms with Crippen LogP contribution >= 0.6 is 15.9 Å². The van der Waals surface area contributed by atoms with Crippen molar-refractivity contribution in [2.45, 2.75) is 44.9 Å². The number of rotatable bonds is 6. The van der Waals surface area contributed by atoms with Gasteiger partial charge in [0.2, 0.25) is 0 Å². The molecule has 1 aromatic rings. The third-order valence-corrected chi connectivity index (χ3v) is 5.04. The fraction of sp³-hybridized carbons (Fsp3) is 0.588. The maximum Gasteiger partial charge on any atom is 0.166 e. The molecule has 0 radical (unpaired) electrons. The Hall–Kier alpha value is -1.03. The molecule has 0 N–H and O–H groups in total. The summed E-state index contributed by atoms with van der Waals surface area (Å²) in [4.78, 5) is 12.5. The first-order valence-electron chi connectivity index (χ1n) is 7.61. The number of halogens is 1. The summed E-state index contributed by atoms with van der Waals surface area (Å²) in [5.41, 5.74) is 0.640. The number of Topliss-reactive ketones (excluding diaryl/α,β-unsaturated/α-hetero) is 1. The number of ether oxygens (including phenoxy) is 2. The van der Waals surface area contributed by atoms with E-state index in [0.29, 0.717) is 28.0 Å². The van der Waals surface area contributed by atoms with Gasteiger partial charge < -0.3 is 9.47 Å². The molecule has 1 aliphatic rings. The van der Waals surface area contributed by atoms with Gasteiger partial charge in [-0.15, -0.1) is 0 Å². The highest BCUT2D eigenvalue weighted by Gasteiger charge is 2.20. The molecule has 0 spiro atoms. The van der Waals surface area contributed by atoms with Crippen LogP contribution < -0.4 is 9.47 Å². The first-order chi connectivity index (χ1) is 10.2. The first kappa shape index (κ1) is 16.3. The van der Waals surface area contributed by atoms with Gasteiger partial charge in [-0.2, -0.15) is 0 Å². The maximum absolute atomic E-state index is 12.5. The van der Waals surface area contributed by atoms with E-state index in [2.05, 4.69) is 15.9 Å². The minimum Gasteiger partial charge on any atom is -0.495 e. The van der Waals surface area contributed by atoms with Crippen molar-refractivity contribution < 1.29 is 14.3 Å². The summed E-state index contributed by atoms with van der Waals surface area (Å²) in [6.45, 7) is 0. The van der Waals surface area contributed by atoms with E-state index in [1.54, 1.807) is 26.4 Å². The largest absolute Gasteiger partial charge is 0.495 e. The molecule has 1 aliphatic carbocycles. The highest BCUT2D eigenvalue weighted by molar-refractivity contribution is 9.10. The van der Waals surface area contributed by atoms with Gasteiger partial charge in [0.25, 0.3) is 0 Å². The molecule has 21 heavy (non-hydrogen) atoms. The predicted molar refractivity (Wildman–Crippen MR) is 87.4 cm³/mol. The van der Waals surface area contributed by atoms with Gasteiger partial charge in [0.15, 0.2) is 5.78 Å². The molecule has 1 aromatic carbocycles. The van der Waals surface area contributed by atoms with Crippen LogP contribution in [0.3, 0.4) is 0 Å². The Labute approximate surface area is 135 Å². The topological polar surface area (TPSA) is 35.5 Å². The Morgan fingerprint density at radius 1 is 1.19 bits per heavy atom. The minimum absolute atomic E-state index is 0.153. The molecule has 1 fully saturated rings. The highest BCUT2D eigenvalue weighted by atomic mass is 79.9. The Morgan fingerprint density at radius 2 is 1.90 bits per heavy atom. The van der Waals surface area contributed by atoms with Crippen LogP contribution in [0, 0.1) is 5.92 Å². The number of hydrogen-bond donors (Lipinski definition) is 0. The van der Waals surface area contributed by atoms with Crippen molar-refractivity contribution in [1.29, 1.82) is 0 Å². The average molecular weight is 355 g/mol. The average Bonchev–Trinajstić information content (AvgIpc) is 2.53. The number of ketones is 1. The van der Waals surface area contributed by atoms with Crippen molar-refractivity contribution >= 4 is 21.7 Å². The smallest absolute Gasteiger partial charge is 0.166 e. The Bertz CT molecular complexity index is 493. The normalized spacial score (nSPS) is 15.8. The van der Waals surface area contributed by atoms with Crippen LogP contribution in [-0.4, -0.2) is 20.0 Å². The lowest BCUT2D eigenvalue weighted by molar-refractivity contribution is 0.0967. The SMILES string of the molecule is COc1ccc(C(=O)CCC2CCCCC2)c(OC)c1Br. The number of hydrogen-bond acceptors (Lipinski definition) is 3. The molecule has 2 rings (SSSR count). The fourth-order valence-corrected chi connectivity index (χ4v) is 3.73. The summed E-state index contributed by atoms with van der Waals surface area (Å²) < 4.78 is 11.3. The van der Waals surface area contributed by atoms with Gasteiger partial charge in [-0.05, 0) is 40.4 Å². The second kappa shape index (κ2) is 7.83. The molecule has 0 amide bonds. The van der Waals surface area contributed by atoms with Crippen LogP contribution in [0.1, 0.15) is 55.3 Å². The van der Waals surface area contributed by atoms with E-state index in [4.69, 9.17) is 9.47 Å². The van der Waals surface area contributed by atoms with E-state index in [1.165, 1.54) is 32.1 Å². The molecular weight excluding hydrogens is 332 g/mol. The summed E-state index contributed by atoms with van der Waals surface area (Å²) in [7, 11) is 3.18. The van der Waals surface area contributed by atoms with E-state index >= 15 is 0 Å². The lowest BCUT2D eigenvalue weighted by Crippen LogP contribution is -2.10.